The maximum atomic E-state index is 12.7. The van der Waals surface area contributed by atoms with Gasteiger partial charge in [0.25, 0.3) is 0 Å². The lowest BCUT2D eigenvalue weighted by Gasteiger charge is -2.49. The molecule has 1 aromatic rings. The van der Waals surface area contributed by atoms with Gasteiger partial charge in [0.05, 0.1) is 0 Å². The zero-order valence-corrected chi connectivity index (χ0v) is 20.0. The standard InChI is InChI=1S/C25H35NO5S/c1-3-5-6-7-24(28)26-32(29,30)31-18-9-11-19-17(16-18)8-10-21-20(19)14-15-25(4-2)22(21)12-13-23(25)27/h9,11,16,20-22H,3-8,10,12-15H2,1-2H3,(H,26,28). The minimum absolute atomic E-state index is 0.106. The smallest absolute Gasteiger partial charge is 0.367 e. The summed E-state index contributed by atoms with van der Waals surface area (Å²) >= 11 is 0. The van der Waals surface area contributed by atoms with Gasteiger partial charge in [0.1, 0.15) is 11.5 Å². The van der Waals surface area contributed by atoms with Crippen LogP contribution in [0.5, 0.6) is 5.75 Å². The zero-order chi connectivity index (χ0) is 22.9. The zero-order valence-electron chi connectivity index (χ0n) is 19.2. The number of unbranched alkanes of at least 4 members (excludes halogenated alkanes) is 2. The summed E-state index contributed by atoms with van der Waals surface area (Å²) in [5, 5.41) is 0. The summed E-state index contributed by atoms with van der Waals surface area (Å²) in [5.74, 6) is 1.61. The van der Waals surface area contributed by atoms with Crippen LogP contribution in [0.25, 0.3) is 0 Å². The van der Waals surface area contributed by atoms with E-state index in [1.165, 1.54) is 5.56 Å². The van der Waals surface area contributed by atoms with Crippen LogP contribution in [0.4, 0.5) is 0 Å². The molecular weight excluding hydrogens is 426 g/mol. The third-order valence-corrected chi connectivity index (χ3v) is 9.12. The van der Waals surface area contributed by atoms with Gasteiger partial charge >= 0.3 is 10.3 Å². The van der Waals surface area contributed by atoms with E-state index in [9.17, 15) is 18.0 Å². The summed E-state index contributed by atoms with van der Waals surface area (Å²) in [6.07, 6.45) is 9.23. The topological polar surface area (TPSA) is 89.5 Å². The van der Waals surface area contributed by atoms with Crippen molar-refractivity contribution in [2.75, 3.05) is 0 Å². The molecule has 1 N–H and O–H groups in total. The van der Waals surface area contributed by atoms with Gasteiger partial charge in [-0.05, 0) is 86.0 Å². The number of rotatable bonds is 8. The van der Waals surface area contributed by atoms with E-state index in [-0.39, 0.29) is 17.6 Å². The predicted molar refractivity (Wildman–Crippen MR) is 123 cm³/mol. The van der Waals surface area contributed by atoms with E-state index in [1.54, 1.807) is 6.07 Å². The van der Waals surface area contributed by atoms with Crippen LogP contribution in [0.3, 0.4) is 0 Å². The molecule has 0 aliphatic heterocycles. The second-order valence-corrected chi connectivity index (χ2v) is 11.1. The Labute approximate surface area is 191 Å². The van der Waals surface area contributed by atoms with Crippen molar-refractivity contribution in [3.05, 3.63) is 29.3 Å². The van der Waals surface area contributed by atoms with Crippen molar-refractivity contribution >= 4 is 22.0 Å². The molecule has 0 bridgehead atoms. The van der Waals surface area contributed by atoms with Crippen molar-refractivity contribution in [1.29, 1.82) is 0 Å². The van der Waals surface area contributed by atoms with Crippen LogP contribution >= 0.6 is 0 Å². The SMILES string of the molecule is CCCCCC(=O)NS(=O)(=O)Oc1ccc2c(c1)CCC1C2CCC2(CC)C(=O)CCC12. The Morgan fingerprint density at radius 1 is 1.16 bits per heavy atom. The highest BCUT2D eigenvalue weighted by Crippen LogP contribution is 2.61. The summed E-state index contributed by atoms with van der Waals surface area (Å²) in [6.45, 7) is 4.19. The van der Waals surface area contributed by atoms with Gasteiger partial charge < -0.3 is 4.18 Å². The van der Waals surface area contributed by atoms with E-state index in [0.717, 1.165) is 63.4 Å². The van der Waals surface area contributed by atoms with Gasteiger partial charge in [-0.15, -0.1) is 0 Å². The Hall–Kier alpha value is -1.89. The average molecular weight is 462 g/mol. The van der Waals surface area contributed by atoms with Crippen molar-refractivity contribution in [1.82, 2.24) is 4.72 Å². The molecule has 176 valence electrons. The minimum atomic E-state index is -4.19. The lowest BCUT2D eigenvalue weighted by atomic mass is 9.54. The molecule has 6 nitrogen and oxygen atoms in total. The number of nitrogens with one attached hydrogen (secondary N) is 1. The highest BCUT2D eigenvalue weighted by atomic mass is 32.2. The summed E-state index contributed by atoms with van der Waals surface area (Å²) in [4.78, 5) is 24.6. The van der Waals surface area contributed by atoms with E-state index >= 15 is 0 Å². The first-order valence-corrected chi connectivity index (χ1v) is 13.6. The van der Waals surface area contributed by atoms with E-state index in [0.29, 0.717) is 30.0 Å². The number of benzene rings is 1. The Morgan fingerprint density at radius 2 is 1.97 bits per heavy atom. The summed E-state index contributed by atoms with van der Waals surface area (Å²) in [5.41, 5.74) is 2.30. The molecule has 0 radical (unpaired) electrons. The van der Waals surface area contributed by atoms with E-state index in [1.807, 2.05) is 23.8 Å². The number of hydrogen-bond acceptors (Lipinski definition) is 5. The molecule has 2 fully saturated rings. The number of amides is 1. The van der Waals surface area contributed by atoms with Crippen molar-refractivity contribution in [3.63, 3.8) is 0 Å². The Balaban J connectivity index is 1.46. The molecule has 0 spiro atoms. The normalized spacial score (nSPS) is 29.1. The first-order valence-electron chi connectivity index (χ1n) is 12.2. The maximum Gasteiger partial charge on any atom is 0.409 e. The molecular formula is C25H35NO5S. The number of hydrogen-bond donors (Lipinski definition) is 1. The Kier molecular flexibility index (Phi) is 6.66. The van der Waals surface area contributed by atoms with Gasteiger partial charge in [-0.1, -0.05) is 32.8 Å². The third-order valence-electron chi connectivity index (χ3n) is 8.23. The van der Waals surface area contributed by atoms with Crippen LogP contribution in [-0.4, -0.2) is 20.1 Å². The molecule has 4 atom stereocenters. The fourth-order valence-corrected chi connectivity index (χ4v) is 7.49. The van der Waals surface area contributed by atoms with Crippen LogP contribution in [-0.2, 0) is 26.3 Å². The number of carbonyl (C=O) groups is 2. The summed E-state index contributed by atoms with van der Waals surface area (Å²) in [7, 11) is -4.19. The maximum absolute atomic E-state index is 12.7. The van der Waals surface area contributed by atoms with Gasteiger partial charge in [-0.25, -0.2) is 4.72 Å². The molecule has 4 unspecified atom stereocenters. The summed E-state index contributed by atoms with van der Waals surface area (Å²) in [6, 6.07) is 5.51. The molecule has 3 aliphatic rings. The van der Waals surface area contributed by atoms with Crippen LogP contribution in [0.15, 0.2) is 18.2 Å². The largest absolute Gasteiger partial charge is 0.409 e. The van der Waals surface area contributed by atoms with Crippen molar-refractivity contribution in [3.8, 4) is 5.75 Å². The minimum Gasteiger partial charge on any atom is -0.367 e. The molecule has 32 heavy (non-hydrogen) atoms. The molecule has 1 aromatic carbocycles. The van der Waals surface area contributed by atoms with Gasteiger partial charge in [0.2, 0.25) is 5.91 Å². The molecule has 3 aliphatic carbocycles. The molecule has 4 rings (SSSR count). The molecule has 7 heteroatoms. The molecule has 1 amide bonds. The Bertz CT molecular complexity index is 988. The fraction of sp³-hybridized carbons (Fsp3) is 0.680. The first-order chi connectivity index (χ1) is 15.3. The van der Waals surface area contributed by atoms with Crippen LogP contribution in [0, 0.1) is 17.3 Å². The van der Waals surface area contributed by atoms with Crippen molar-refractivity contribution < 1.29 is 22.2 Å². The van der Waals surface area contributed by atoms with Gasteiger partial charge in [-0.2, -0.15) is 8.42 Å². The second-order valence-electron chi connectivity index (χ2n) is 9.81. The number of Topliss-reactive ketones (excluding diaryl/α,β-unsaturated/α-hetero) is 1. The quantitative estimate of drug-likeness (QED) is 0.561. The van der Waals surface area contributed by atoms with E-state index in [4.69, 9.17) is 4.18 Å². The Morgan fingerprint density at radius 3 is 2.72 bits per heavy atom. The fourth-order valence-electron chi connectivity index (χ4n) is 6.71. The average Bonchev–Trinajstić information content (AvgIpc) is 3.09. The molecule has 2 saturated carbocycles. The van der Waals surface area contributed by atoms with Crippen molar-refractivity contribution in [2.24, 2.45) is 17.3 Å². The van der Waals surface area contributed by atoms with E-state index < -0.39 is 16.2 Å². The number of fused-ring (bicyclic) bond motifs is 5. The highest BCUT2D eigenvalue weighted by molar-refractivity contribution is 7.85. The van der Waals surface area contributed by atoms with Gasteiger partial charge in [0, 0.05) is 18.3 Å². The lowest BCUT2D eigenvalue weighted by Crippen LogP contribution is -2.44. The number of aryl methyl sites for hydroxylation is 1. The van der Waals surface area contributed by atoms with Gasteiger partial charge in [0.15, 0.2) is 0 Å². The third kappa shape index (κ3) is 4.33. The first kappa shape index (κ1) is 23.3. The van der Waals surface area contributed by atoms with Crippen LogP contribution < -0.4 is 8.91 Å². The molecule has 0 saturated heterocycles. The van der Waals surface area contributed by atoms with Crippen LogP contribution in [0.1, 0.15) is 95.1 Å². The van der Waals surface area contributed by atoms with E-state index in [2.05, 4.69) is 6.92 Å². The van der Waals surface area contributed by atoms with Crippen molar-refractivity contribution in [2.45, 2.75) is 90.4 Å². The predicted octanol–water partition coefficient (Wildman–Crippen LogP) is 4.82. The monoisotopic (exact) mass is 461 g/mol. The highest BCUT2D eigenvalue weighted by Gasteiger charge is 2.56. The number of carbonyl (C=O) groups excluding carboxylic acids is 2. The summed E-state index contributed by atoms with van der Waals surface area (Å²) < 4.78 is 31.8. The van der Waals surface area contributed by atoms with Crippen LogP contribution in [0.2, 0.25) is 0 Å². The molecule has 0 heterocycles. The second kappa shape index (κ2) is 9.16. The lowest BCUT2D eigenvalue weighted by molar-refractivity contribution is -0.131. The van der Waals surface area contributed by atoms with Gasteiger partial charge in [-0.3, -0.25) is 9.59 Å². The number of ketones is 1. The molecule has 0 aromatic heterocycles.